The SMILES string of the molecule is COc1cc(OC)c(NC(=O)c2ccc(C(F)(F)F)nc2)cc1Cl. The molecule has 2 rings (SSSR count). The van der Waals surface area contributed by atoms with Crippen LogP contribution in [0.4, 0.5) is 18.9 Å². The summed E-state index contributed by atoms with van der Waals surface area (Å²) in [7, 11) is 2.81. The number of amides is 1. The second kappa shape index (κ2) is 6.96. The number of carbonyl (C=O) groups is 1. The van der Waals surface area contributed by atoms with Crippen LogP contribution in [0.25, 0.3) is 0 Å². The second-order valence-electron chi connectivity index (χ2n) is 4.57. The van der Waals surface area contributed by atoms with Crippen LogP contribution in [-0.4, -0.2) is 25.1 Å². The Morgan fingerprint density at radius 2 is 1.83 bits per heavy atom. The van der Waals surface area contributed by atoms with Crippen LogP contribution in [0.1, 0.15) is 16.1 Å². The summed E-state index contributed by atoms with van der Waals surface area (Å²) in [4.78, 5) is 15.4. The van der Waals surface area contributed by atoms with Crippen LogP contribution in [0.3, 0.4) is 0 Å². The van der Waals surface area contributed by atoms with Gasteiger partial charge in [-0.3, -0.25) is 9.78 Å². The molecule has 0 aliphatic heterocycles. The van der Waals surface area contributed by atoms with Gasteiger partial charge in [0.1, 0.15) is 17.2 Å². The minimum atomic E-state index is -4.57. The van der Waals surface area contributed by atoms with E-state index in [4.69, 9.17) is 21.1 Å². The van der Waals surface area contributed by atoms with Crippen LogP contribution >= 0.6 is 11.6 Å². The van der Waals surface area contributed by atoms with Gasteiger partial charge in [-0.25, -0.2) is 0 Å². The summed E-state index contributed by atoms with van der Waals surface area (Å²) in [6.07, 6.45) is -3.72. The Labute approximate surface area is 140 Å². The maximum Gasteiger partial charge on any atom is 0.433 e. The molecule has 0 spiro atoms. The number of methoxy groups -OCH3 is 2. The minimum absolute atomic E-state index is 0.0445. The highest BCUT2D eigenvalue weighted by atomic mass is 35.5. The first-order chi connectivity index (χ1) is 11.3. The normalized spacial score (nSPS) is 11.1. The van der Waals surface area contributed by atoms with Crippen molar-refractivity contribution in [3.8, 4) is 11.5 Å². The molecule has 0 saturated carbocycles. The largest absolute Gasteiger partial charge is 0.495 e. The summed E-state index contributed by atoms with van der Waals surface area (Å²) in [6.45, 7) is 0. The standard InChI is InChI=1S/C15H12ClF3N2O3/c1-23-11-6-12(24-2)10(5-9(11)16)21-14(22)8-3-4-13(20-7-8)15(17,18)19/h3-7H,1-2H3,(H,21,22). The molecule has 0 saturated heterocycles. The molecule has 0 aliphatic rings. The van der Waals surface area contributed by atoms with E-state index in [0.717, 1.165) is 18.3 Å². The van der Waals surface area contributed by atoms with E-state index in [-0.39, 0.29) is 22.0 Å². The summed E-state index contributed by atoms with van der Waals surface area (Å²) < 4.78 is 47.6. The Bertz CT molecular complexity index is 749. The third-order valence-electron chi connectivity index (χ3n) is 3.04. The Kier molecular flexibility index (Phi) is 5.18. The number of alkyl halides is 3. The quantitative estimate of drug-likeness (QED) is 0.894. The highest BCUT2D eigenvalue weighted by Gasteiger charge is 2.32. The molecule has 0 fully saturated rings. The molecule has 5 nitrogen and oxygen atoms in total. The van der Waals surface area contributed by atoms with Gasteiger partial charge in [0.25, 0.3) is 5.91 Å². The molecular weight excluding hydrogens is 349 g/mol. The lowest BCUT2D eigenvalue weighted by atomic mass is 10.2. The van der Waals surface area contributed by atoms with E-state index < -0.39 is 17.8 Å². The van der Waals surface area contributed by atoms with Gasteiger partial charge in [-0.05, 0) is 18.2 Å². The van der Waals surface area contributed by atoms with E-state index in [0.29, 0.717) is 5.75 Å². The number of hydrogen-bond donors (Lipinski definition) is 1. The highest BCUT2D eigenvalue weighted by molar-refractivity contribution is 6.32. The number of nitrogens with zero attached hydrogens (tertiary/aromatic N) is 1. The van der Waals surface area contributed by atoms with E-state index >= 15 is 0 Å². The van der Waals surface area contributed by atoms with Crippen molar-refractivity contribution in [3.63, 3.8) is 0 Å². The fourth-order valence-electron chi connectivity index (χ4n) is 1.85. The number of rotatable bonds is 4. The van der Waals surface area contributed by atoms with Gasteiger partial charge in [0.05, 0.1) is 30.5 Å². The van der Waals surface area contributed by atoms with Gasteiger partial charge in [-0.1, -0.05) is 11.6 Å². The van der Waals surface area contributed by atoms with Gasteiger partial charge in [0.15, 0.2) is 0 Å². The van der Waals surface area contributed by atoms with Crippen LogP contribution in [0.5, 0.6) is 11.5 Å². The average Bonchev–Trinajstić information content (AvgIpc) is 2.54. The van der Waals surface area contributed by atoms with Crippen molar-refractivity contribution in [2.75, 3.05) is 19.5 Å². The van der Waals surface area contributed by atoms with Crippen LogP contribution in [0, 0.1) is 0 Å². The van der Waals surface area contributed by atoms with Gasteiger partial charge >= 0.3 is 6.18 Å². The van der Waals surface area contributed by atoms with Crippen LogP contribution in [0.2, 0.25) is 5.02 Å². The third kappa shape index (κ3) is 3.88. The number of benzene rings is 1. The molecule has 0 aliphatic carbocycles. The first kappa shape index (κ1) is 17.9. The first-order valence-electron chi connectivity index (χ1n) is 6.52. The Morgan fingerprint density at radius 3 is 2.33 bits per heavy atom. The zero-order chi connectivity index (χ0) is 17.9. The molecule has 9 heteroatoms. The lowest BCUT2D eigenvalue weighted by Crippen LogP contribution is -2.14. The molecule has 128 valence electrons. The van der Waals surface area contributed by atoms with Crippen LogP contribution in [0.15, 0.2) is 30.5 Å². The molecular formula is C15H12ClF3N2O3. The summed E-state index contributed by atoms with van der Waals surface area (Å²) in [5.74, 6) is -0.0251. The van der Waals surface area contributed by atoms with Crippen molar-refractivity contribution in [1.82, 2.24) is 4.98 Å². The molecule has 1 aromatic carbocycles. The van der Waals surface area contributed by atoms with Gasteiger partial charge < -0.3 is 14.8 Å². The summed E-state index contributed by atoms with van der Waals surface area (Å²) in [6, 6.07) is 4.65. The lowest BCUT2D eigenvalue weighted by Gasteiger charge is -2.13. The maximum atomic E-state index is 12.5. The smallest absolute Gasteiger partial charge is 0.433 e. The lowest BCUT2D eigenvalue weighted by molar-refractivity contribution is -0.141. The molecule has 1 aromatic heterocycles. The predicted octanol–water partition coefficient (Wildman–Crippen LogP) is 4.02. The third-order valence-corrected chi connectivity index (χ3v) is 3.33. The average molecular weight is 361 g/mol. The van der Waals surface area contributed by atoms with E-state index in [1.165, 1.54) is 26.4 Å². The van der Waals surface area contributed by atoms with E-state index in [2.05, 4.69) is 10.3 Å². The number of anilines is 1. The summed E-state index contributed by atoms with van der Waals surface area (Å²) in [5.41, 5.74) is -0.880. The zero-order valence-corrected chi connectivity index (χ0v) is 13.3. The van der Waals surface area contributed by atoms with Crippen molar-refractivity contribution < 1.29 is 27.4 Å². The Balaban J connectivity index is 2.25. The van der Waals surface area contributed by atoms with E-state index in [1.807, 2.05) is 0 Å². The highest BCUT2D eigenvalue weighted by Crippen LogP contribution is 2.36. The molecule has 1 N–H and O–H groups in total. The van der Waals surface area contributed by atoms with Crippen molar-refractivity contribution in [2.45, 2.75) is 6.18 Å². The minimum Gasteiger partial charge on any atom is -0.495 e. The van der Waals surface area contributed by atoms with Gasteiger partial charge in [-0.2, -0.15) is 13.2 Å². The molecule has 24 heavy (non-hydrogen) atoms. The number of carbonyl (C=O) groups excluding carboxylic acids is 1. The van der Waals surface area contributed by atoms with Crippen LogP contribution < -0.4 is 14.8 Å². The van der Waals surface area contributed by atoms with Crippen molar-refractivity contribution in [1.29, 1.82) is 0 Å². The number of pyridine rings is 1. The first-order valence-corrected chi connectivity index (χ1v) is 6.90. The maximum absolute atomic E-state index is 12.5. The van der Waals surface area contributed by atoms with Gasteiger partial charge in [0.2, 0.25) is 0 Å². The molecule has 0 atom stereocenters. The van der Waals surface area contributed by atoms with E-state index in [1.54, 1.807) is 0 Å². The number of aromatic nitrogens is 1. The topological polar surface area (TPSA) is 60.5 Å². The van der Waals surface area contributed by atoms with Gasteiger partial charge in [-0.15, -0.1) is 0 Å². The number of ether oxygens (including phenoxy) is 2. The van der Waals surface area contributed by atoms with Gasteiger partial charge in [0, 0.05) is 12.3 Å². The second-order valence-corrected chi connectivity index (χ2v) is 4.98. The molecule has 0 unspecified atom stereocenters. The Hall–Kier alpha value is -2.48. The number of halogens is 4. The monoisotopic (exact) mass is 360 g/mol. The molecule has 1 heterocycles. The Morgan fingerprint density at radius 1 is 1.17 bits per heavy atom. The van der Waals surface area contributed by atoms with Crippen molar-refractivity contribution in [3.05, 3.63) is 46.7 Å². The number of hydrogen-bond acceptors (Lipinski definition) is 4. The number of nitrogens with one attached hydrogen (secondary N) is 1. The van der Waals surface area contributed by atoms with E-state index in [9.17, 15) is 18.0 Å². The van der Waals surface area contributed by atoms with Crippen molar-refractivity contribution in [2.24, 2.45) is 0 Å². The molecule has 0 radical (unpaired) electrons. The molecule has 2 aromatic rings. The fraction of sp³-hybridized carbons (Fsp3) is 0.200. The predicted molar refractivity (Wildman–Crippen MR) is 81.7 cm³/mol. The molecule has 0 bridgehead atoms. The van der Waals surface area contributed by atoms with Crippen molar-refractivity contribution >= 4 is 23.2 Å². The zero-order valence-electron chi connectivity index (χ0n) is 12.6. The van der Waals surface area contributed by atoms with Crippen LogP contribution in [-0.2, 0) is 6.18 Å². The molecule has 1 amide bonds. The summed E-state index contributed by atoms with van der Waals surface area (Å²) in [5, 5.41) is 2.74. The summed E-state index contributed by atoms with van der Waals surface area (Å²) >= 11 is 5.99. The fourth-order valence-corrected chi connectivity index (χ4v) is 2.09.